The van der Waals surface area contributed by atoms with Gasteiger partial charge in [0.05, 0.1) is 34.4 Å². The monoisotopic (exact) mass is 540 g/mol. The van der Waals surface area contributed by atoms with Gasteiger partial charge in [-0.05, 0) is 30.7 Å². The smallest absolute Gasteiger partial charge is 0.343 e. The van der Waals surface area contributed by atoms with Crippen LogP contribution < -0.4 is 4.74 Å². The molecule has 0 heterocycles. The van der Waals surface area contributed by atoms with Crippen LogP contribution in [0, 0.1) is 0 Å². The van der Waals surface area contributed by atoms with Gasteiger partial charge in [0, 0.05) is 5.56 Å². The number of aromatic hydroxyl groups is 3. The number of ketones is 2. The Morgan fingerprint density at radius 2 is 1.20 bits per heavy atom. The SMILES string of the molecule is CCCOC(=O)c1c(C(=O)c2ccccc2)c(O)c(O)c(OC(=O)c2ccccc2)c1C(=O)c1ccccc1O. The molecule has 0 aliphatic carbocycles. The first-order chi connectivity index (χ1) is 19.3. The minimum Gasteiger partial charge on any atom is -0.507 e. The summed E-state index contributed by atoms with van der Waals surface area (Å²) in [5, 5.41) is 32.5. The molecule has 202 valence electrons. The third-order valence-electron chi connectivity index (χ3n) is 5.89. The van der Waals surface area contributed by atoms with Gasteiger partial charge in [-0.25, -0.2) is 9.59 Å². The predicted octanol–water partition coefficient (Wildman–Crippen LogP) is 5.05. The maximum atomic E-state index is 13.9. The zero-order valence-corrected chi connectivity index (χ0v) is 21.3. The second kappa shape index (κ2) is 12.0. The summed E-state index contributed by atoms with van der Waals surface area (Å²) in [5.41, 5.74) is -2.49. The zero-order chi connectivity index (χ0) is 28.8. The lowest BCUT2D eigenvalue weighted by molar-refractivity contribution is 0.0496. The van der Waals surface area contributed by atoms with Crippen LogP contribution >= 0.6 is 0 Å². The number of hydrogen-bond donors (Lipinski definition) is 3. The number of phenolic OH excluding ortho intramolecular Hbond substituents is 3. The summed E-state index contributed by atoms with van der Waals surface area (Å²) in [5.74, 6) is -7.80. The van der Waals surface area contributed by atoms with Crippen molar-refractivity contribution in [1.82, 2.24) is 0 Å². The van der Waals surface area contributed by atoms with Crippen molar-refractivity contribution in [1.29, 1.82) is 0 Å². The molecule has 0 radical (unpaired) electrons. The zero-order valence-electron chi connectivity index (χ0n) is 21.3. The van der Waals surface area contributed by atoms with Gasteiger partial charge < -0.3 is 24.8 Å². The fourth-order valence-electron chi connectivity index (χ4n) is 3.97. The summed E-state index contributed by atoms with van der Waals surface area (Å²) in [6.45, 7) is 1.61. The molecule has 4 rings (SSSR count). The molecule has 0 spiro atoms. The summed E-state index contributed by atoms with van der Waals surface area (Å²) >= 11 is 0. The Morgan fingerprint density at radius 1 is 0.625 bits per heavy atom. The molecule has 40 heavy (non-hydrogen) atoms. The second-order valence-electron chi connectivity index (χ2n) is 8.58. The number of para-hydroxylation sites is 1. The van der Waals surface area contributed by atoms with Crippen molar-refractivity contribution >= 4 is 23.5 Å². The average molecular weight is 541 g/mol. The van der Waals surface area contributed by atoms with Crippen LogP contribution in [0.15, 0.2) is 84.9 Å². The first kappa shape index (κ1) is 27.6. The predicted molar refractivity (Wildman–Crippen MR) is 143 cm³/mol. The van der Waals surface area contributed by atoms with Gasteiger partial charge in [-0.1, -0.05) is 67.6 Å². The van der Waals surface area contributed by atoms with E-state index in [1.165, 1.54) is 48.5 Å². The van der Waals surface area contributed by atoms with E-state index in [1.807, 2.05) is 0 Å². The molecule has 4 aromatic carbocycles. The molecular formula is C31H24O9. The summed E-state index contributed by atoms with van der Waals surface area (Å²) < 4.78 is 10.7. The molecule has 0 bridgehead atoms. The van der Waals surface area contributed by atoms with E-state index < -0.39 is 63.2 Å². The Hall–Kier alpha value is -5.44. The molecule has 0 fully saturated rings. The topological polar surface area (TPSA) is 147 Å². The molecule has 0 saturated heterocycles. The lowest BCUT2D eigenvalue weighted by Gasteiger charge is -2.20. The first-order valence-electron chi connectivity index (χ1n) is 12.2. The lowest BCUT2D eigenvalue weighted by Crippen LogP contribution is -2.22. The summed E-state index contributed by atoms with van der Waals surface area (Å²) in [7, 11) is 0. The third-order valence-corrected chi connectivity index (χ3v) is 5.89. The van der Waals surface area contributed by atoms with Crippen molar-refractivity contribution in [2.75, 3.05) is 6.61 Å². The van der Waals surface area contributed by atoms with E-state index >= 15 is 0 Å². The number of hydrogen-bond acceptors (Lipinski definition) is 9. The molecule has 0 aliphatic heterocycles. The number of rotatable bonds is 9. The average Bonchev–Trinajstić information content (AvgIpc) is 2.98. The van der Waals surface area contributed by atoms with Gasteiger partial charge in [-0.15, -0.1) is 0 Å². The molecule has 0 aliphatic rings. The number of carbonyl (C=O) groups excluding carboxylic acids is 4. The molecule has 0 unspecified atom stereocenters. The van der Waals surface area contributed by atoms with Gasteiger partial charge in [-0.2, -0.15) is 0 Å². The van der Waals surface area contributed by atoms with Crippen LogP contribution in [0.3, 0.4) is 0 Å². The quantitative estimate of drug-likeness (QED) is 0.115. The minimum atomic E-state index is -1.19. The fourth-order valence-corrected chi connectivity index (χ4v) is 3.97. The van der Waals surface area contributed by atoms with Crippen LogP contribution in [0.5, 0.6) is 23.0 Å². The van der Waals surface area contributed by atoms with E-state index in [4.69, 9.17) is 9.47 Å². The molecule has 0 atom stereocenters. The molecule has 0 aromatic heterocycles. The van der Waals surface area contributed by atoms with Gasteiger partial charge in [-0.3, -0.25) is 9.59 Å². The Bertz CT molecular complexity index is 1590. The molecular weight excluding hydrogens is 516 g/mol. The largest absolute Gasteiger partial charge is 0.507 e. The Labute approximate surface area is 228 Å². The number of benzene rings is 4. The summed E-state index contributed by atoms with van der Waals surface area (Å²) in [4.78, 5) is 54.0. The molecule has 0 saturated carbocycles. The highest BCUT2D eigenvalue weighted by molar-refractivity contribution is 6.24. The second-order valence-corrected chi connectivity index (χ2v) is 8.58. The van der Waals surface area contributed by atoms with Gasteiger partial charge in [0.15, 0.2) is 17.3 Å². The number of carbonyl (C=O) groups is 4. The lowest BCUT2D eigenvalue weighted by atomic mass is 9.88. The Kier molecular flexibility index (Phi) is 8.24. The maximum Gasteiger partial charge on any atom is 0.343 e. The van der Waals surface area contributed by atoms with E-state index in [-0.39, 0.29) is 23.3 Å². The van der Waals surface area contributed by atoms with Gasteiger partial charge in [0.2, 0.25) is 11.5 Å². The normalized spacial score (nSPS) is 10.5. The van der Waals surface area contributed by atoms with Crippen molar-refractivity contribution < 1.29 is 44.0 Å². The molecule has 0 amide bonds. The highest BCUT2D eigenvalue weighted by atomic mass is 16.5. The third kappa shape index (κ3) is 5.39. The summed E-state index contributed by atoms with van der Waals surface area (Å²) in [6, 6.07) is 20.5. The molecule has 9 nitrogen and oxygen atoms in total. The van der Waals surface area contributed by atoms with E-state index in [0.29, 0.717) is 6.42 Å². The number of phenols is 3. The number of esters is 2. The van der Waals surface area contributed by atoms with E-state index in [1.54, 1.807) is 43.3 Å². The Morgan fingerprint density at radius 3 is 1.80 bits per heavy atom. The van der Waals surface area contributed by atoms with E-state index in [9.17, 15) is 34.5 Å². The first-order valence-corrected chi connectivity index (χ1v) is 12.2. The van der Waals surface area contributed by atoms with E-state index in [0.717, 1.165) is 0 Å². The molecule has 3 N–H and O–H groups in total. The van der Waals surface area contributed by atoms with Crippen molar-refractivity contribution in [2.24, 2.45) is 0 Å². The van der Waals surface area contributed by atoms with E-state index in [2.05, 4.69) is 0 Å². The van der Waals surface area contributed by atoms with Crippen LogP contribution in [-0.2, 0) is 4.74 Å². The standard InChI is InChI=1S/C31H24O9/c1-2-17-39-31(38)22-23(25(33)18-11-5-3-6-12-18)27(35)28(36)29(40-30(37)19-13-7-4-8-14-19)24(22)26(34)20-15-9-10-16-21(20)32/h3-16,32,35-36H,2,17H2,1H3. The molecule has 4 aromatic rings. The highest BCUT2D eigenvalue weighted by Gasteiger charge is 2.38. The van der Waals surface area contributed by atoms with Crippen LogP contribution in [0.1, 0.15) is 65.9 Å². The van der Waals surface area contributed by atoms with Crippen LogP contribution in [0.25, 0.3) is 0 Å². The maximum absolute atomic E-state index is 13.9. The van der Waals surface area contributed by atoms with Gasteiger partial charge in [0.1, 0.15) is 5.75 Å². The van der Waals surface area contributed by atoms with Crippen LogP contribution in [0.4, 0.5) is 0 Å². The van der Waals surface area contributed by atoms with Crippen molar-refractivity contribution in [3.63, 3.8) is 0 Å². The highest BCUT2D eigenvalue weighted by Crippen LogP contribution is 2.46. The van der Waals surface area contributed by atoms with Gasteiger partial charge in [0.25, 0.3) is 0 Å². The number of ether oxygens (including phenoxy) is 2. The summed E-state index contributed by atoms with van der Waals surface area (Å²) in [6.07, 6.45) is 0.385. The van der Waals surface area contributed by atoms with Crippen molar-refractivity contribution in [3.8, 4) is 23.0 Å². The van der Waals surface area contributed by atoms with Crippen LogP contribution in [-0.4, -0.2) is 45.4 Å². The van der Waals surface area contributed by atoms with Crippen molar-refractivity contribution in [2.45, 2.75) is 13.3 Å². The van der Waals surface area contributed by atoms with Crippen molar-refractivity contribution in [3.05, 3.63) is 118 Å². The fraction of sp³-hybridized carbons (Fsp3) is 0.0968. The van der Waals surface area contributed by atoms with Gasteiger partial charge >= 0.3 is 11.9 Å². The molecule has 9 heteroatoms. The Balaban J connectivity index is 2.06. The minimum absolute atomic E-state index is 0.0247. The van der Waals surface area contributed by atoms with Crippen LogP contribution in [0.2, 0.25) is 0 Å².